The fraction of sp³-hybridized carbons (Fsp3) is 0.714. The molecular formula is C7H12KO4. The third-order valence-corrected chi connectivity index (χ3v) is 0.716. The SMILES string of the molecule is CC(C)(C)OC(=O)CC(=O)O.[K]. The van der Waals surface area contributed by atoms with Crippen molar-refractivity contribution in [3.8, 4) is 0 Å². The molecule has 5 heteroatoms. The van der Waals surface area contributed by atoms with Gasteiger partial charge in [-0.3, -0.25) is 9.59 Å². The number of hydrogen-bond donors (Lipinski definition) is 1. The molecule has 0 fully saturated rings. The van der Waals surface area contributed by atoms with E-state index in [1.807, 2.05) is 0 Å². The summed E-state index contributed by atoms with van der Waals surface area (Å²) in [5, 5.41) is 8.18. The Bertz CT molecular complexity index is 171. The molecule has 0 heterocycles. The molecule has 12 heavy (non-hydrogen) atoms. The number of ether oxygens (including phenoxy) is 1. The molecule has 4 nitrogen and oxygen atoms in total. The van der Waals surface area contributed by atoms with Crippen LogP contribution in [0.15, 0.2) is 0 Å². The summed E-state index contributed by atoms with van der Waals surface area (Å²) >= 11 is 0. The first-order chi connectivity index (χ1) is 4.81. The van der Waals surface area contributed by atoms with Crippen LogP contribution >= 0.6 is 0 Å². The molecule has 0 saturated carbocycles. The molecule has 1 radical (unpaired) electrons. The van der Waals surface area contributed by atoms with Gasteiger partial charge in [0.05, 0.1) is 0 Å². The summed E-state index contributed by atoms with van der Waals surface area (Å²) in [5.41, 5.74) is -0.605. The van der Waals surface area contributed by atoms with E-state index in [1.165, 1.54) is 0 Å². The van der Waals surface area contributed by atoms with E-state index >= 15 is 0 Å². The van der Waals surface area contributed by atoms with Gasteiger partial charge in [-0.05, 0) is 20.8 Å². The summed E-state index contributed by atoms with van der Waals surface area (Å²) < 4.78 is 4.73. The summed E-state index contributed by atoms with van der Waals surface area (Å²) in [4.78, 5) is 20.7. The van der Waals surface area contributed by atoms with Crippen molar-refractivity contribution in [2.24, 2.45) is 0 Å². The predicted molar refractivity (Wildman–Crippen MR) is 43.9 cm³/mol. The Morgan fingerprint density at radius 2 is 1.75 bits per heavy atom. The monoisotopic (exact) mass is 199 g/mol. The Morgan fingerprint density at radius 1 is 1.33 bits per heavy atom. The van der Waals surface area contributed by atoms with E-state index in [2.05, 4.69) is 0 Å². The van der Waals surface area contributed by atoms with Crippen molar-refractivity contribution in [1.29, 1.82) is 0 Å². The first-order valence-corrected chi connectivity index (χ1v) is 3.25. The molecule has 0 amide bonds. The first-order valence-electron chi connectivity index (χ1n) is 3.25. The van der Waals surface area contributed by atoms with Gasteiger partial charge in [0.1, 0.15) is 12.0 Å². The zero-order chi connectivity index (χ0) is 9.07. The summed E-state index contributed by atoms with van der Waals surface area (Å²) in [6.07, 6.45) is -0.572. The molecule has 0 bridgehead atoms. The topological polar surface area (TPSA) is 63.6 Å². The minimum Gasteiger partial charge on any atom is -0.481 e. The van der Waals surface area contributed by atoms with Gasteiger partial charge in [-0.15, -0.1) is 0 Å². The van der Waals surface area contributed by atoms with E-state index in [0.29, 0.717) is 0 Å². The van der Waals surface area contributed by atoms with Gasteiger partial charge < -0.3 is 9.84 Å². The summed E-state index contributed by atoms with van der Waals surface area (Å²) in [7, 11) is 0. The molecule has 0 aliphatic rings. The number of carboxylic acids is 1. The zero-order valence-electron chi connectivity index (χ0n) is 7.88. The second kappa shape index (κ2) is 6.09. The van der Waals surface area contributed by atoms with Crippen molar-refractivity contribution in [1.82, 2.24) is 0 Å². The Kier molecular flexibility index (Phi) is 7.65. The molecule has 0 aromatic rings. The van der Waals surface area contributed by atoms with Crippen LogP contribution in [0.25, 0.3) is 0 Å². The molecule has 0 saturated heterocycles. The summed E-state index contributed by atoms with van der Waals surface area (Å²) in [6, 6.07) is 0. The van der Waals surface area contributed by atoms with E-state index in [9.17, 15) is 9.59 Å². The average molecular weight is 199 g/mol. The molecule has 0 spiro atoms. The quantitative estimate of drug-likeness (QED) is 0.398. The van der Waals surface area contributed by atoms with E-state index in [0.717, 1.165) is 0 Å². The third kappa shape index (κ3) is 10.6. The van der Waals surface area contributed by atoms with Crippen molar-refractivity contribution in [3.63, 3.8) is 0 Å². The van der Waals surface area contributed by atoms with Crippen molar-refractivity contribution in [2.75, 3.05) is 0 Å². The second-order valence-corrected chi connectivity index (χ2v) is 3.16. The molecular weight excluding hydrogens is 187 g/mol. The van der Waals surface area contributed by atoms with Gasteiger partial charge >= 0.3 is 11.9 Å². The second-order valence-electron chi connectivity index (χ2n) is 3.16. The molecule has 0 aromatic carbocycles. The fourth-order valence-electron chi connectivity index (χ4n) is 0.501. The van der Waals surface area contributed by atoms with Gasteiger partial charge in [-0.2, -0.15) is 0 Å². The summed E-state index contributed by atoms with van der Waals surface area (Å²) in [6.45, 7) is 5.06. The van der Waals surface area contributed by atoms with Gasteiger partial charge in [0.25, 0.3) is 0 Å². The van der Waals surface area contributed by atoms with Gasteiger partial charge in [0, 0.05) is 51.4 Å². The molecule has 0 rings (SSSR count). The number of esters is 1. The number of hydrogen-bond acceptors (Lipinski definition) is 3. The minimum absolute atomic E-state index is 0. The van der Waals surface area contributed by atoms with Crippen molar-refractivity contribution in [3.05, 3.63) is 0 Å². The Labute approximate surface area is 114 Å². The molecule has 65 valence electrons. The van der Waals surface area contributed by atoms with E-state index in [-0.39, 0.29) is 51.4 Å². The molecule has 0 atom stereocenters. The Balaban J connectivity index is 0. The number of aliphatic carboxylic acids is 1. The fourth-order valence-corrected chi connectivity index (χ4v) is 0.501. The summed E-state index contributed by atoms with van der Waals surface area (Å²) in [5.74, 6) is -1.87. The van der Waals surface area contributed by atoms with Crippen LogP contribution in [0.2, 0.25) is 0 Å². The third-order valence-electron chi connectivity index (χ3n) is 0.716. The maximum Gasteiger partial charge on any atom is 0.317 e. The number of carbonyl (C=O) groups excluding carboxylic acids is 1. The molecule has 0 aliphatic carbocycles. The van der Waals surface area contributed by atoms with Crippen LogP contribution in [-0.4, -0.2) is 74.0 Å². The van der Waals surface area contributed by atoms with Crippen LogP contribution in [-0.2, 0) is 14.3 Å². The molecule has 1 N–H and O–H groups in total. The number of carboxylic acid groups (broad SMARTS) is 1. The van der Waals surface area contributed by atoms with Crippen LogP contribution in [0.4, 0.5) is 0 Å². The van der Waals surface area contributed by atoms with Crippen LogP contribution in [0.1, 0.15) is 27.2 Å². The Hall–Kier alpha value is 0.576. The normalized spacial score (nSPS) is 9.92. The minimum atomic E-state index is -1.17. The standard InChI is InChI=1S/C7H12O4.K/c1-7(2,3)11-6(10)4-5(8)9;/h4H2,1-3H3,(H,8,9);. The van der Waals surface area contributed by atoms with E-state index in [4.69, 9.17) is 9.84 Å². The Morgan fingerprint density at radius 3 is 2.00 bits per heavy atom. The maximum absolute atomic E-state index is 10.7. The van der Waals surface area contributed by atoms with Crippen molar-refractivity contribution in [2.45, 2.75) is 32.8 Å². The van der Waals surface area contributed by atoms with Gasteiger partial charge in [0.2, 0.25) is 0 Å². The van der Waals surface area contributed by atoms with Crippen LogP contribution in [0.3, 0.4) is 0 Å². The van der Waals surface area contributed by atoms with Crippen LogP contribution in [0.5, 0.6) is 0 Å². The predicted octanol–water partition coefficient (Wildman–Crippen LogP) is 0.422. The van der Waals surface area contributed by atoms with Crippen LogP contribution in [0, 0.1) is 0 Å². The molecule has 0 unspecified atom stereocenters. The average Bonchev–Trinajstić information content (AvgIpc) is 1.53. The van der Waals surface area contributed by atoms with E-state index < -0.39 is 24.0 Å². The van der Waals surface area contributed by atoms with E-state index in [1.54, 1.807) is 20.8 Å². The first kappa shape index (κ1) is 15.1. The van der Waals surface area contributed by atoms with Crippen molar-refractivity contribution < 1.29 is 19.4 Å². The van der Waals surface area contributed by atoms with Crippen molar-refractivity contribution >= 4 is 63.3 Å². The number of carbonyl (C=O) groups is 2. The van der Waals surface area contributed by atoms with Gasteiger partial charge in [-0.1, -0.05) is 0 Å². The smallest absolute Gasteiger partial charge is 0.317 e. The van der Waals surface area contributed by atoms with Crippen LogP contribution < -0.4 is 0 Å². The largest absolute Gasteiger partial charge is 0.481 e. The number of rotatable bonds is 2. The zero-order valence-corrected chi connectivity index (χ0v) is 11.0. The van der Waals surface area contributed by atoms with Gasteiger partial charge in [-0.25, -0.2) is 0 Å². The maximum atomic E-state index is 10.7. The molecule has 0 aromatic heterocycles. The van der Waals surface area contributed by atoms with Gasteiger partial charge in [0.15, 0.2) is 0 Å². The molecule has 0 aliphatic heterocycles.